The zero-order chi connectivity index (χ0) is 13.1. The van der Waals surface area contributed by atoms with E-state index in [1.807, 2.05) is 0 Å². The molecule has 0 fully saturated rings. The van der Waals surface area contributed by atoms with Gasteiger partial charge in [-0.1, -0.05) is 0 Å². The number of hydrogen-bond acceptors (Lipinski definition) is 5. The molecular weight excluding hydrogens is 240 g/mol. The second-order valence-electron chi connectivity index (χ2n) is 3.78. The van der Waals surface area contributed by atoms with Crippen molar-refractivity contribution < 1.29 is 29.0 Å². The minimum Gasteiger partial charge on any atom is -0.481 e. The first kappa shape index (κ1) is 12.1. The van der Waals surface area contributed by atoms with Gasteiger partial charge in [0.05, 0.1) is 6.42 Å². The molecule has 94 valence electrons. The van der Waals surface area contributed by atoms with Crippen LogP contribution in [0.25, 0.3) is 0 Å². The monoisotopic (exact) mass is 250 g/mol. The van der Waals surface area contributed by atoms with Gasteiger partial charge in [-0.2, -0.15) is 0 Å². The molecule has 1 aliphatic rings. The standard InChI is InChI=1S/C12H10O6/c13-8(5-12(15)16)4-9(14)7-1-2-10-11(3-7)18-6-17-10/h1-3H,4-6H2,(H,15,16). The third-order valence-corrected chi connectivity index (χ3v) is 2.40. The lowest BCUT2D eigenvalue weighted by Gasteiger charge is -2.01. The lowest BCUT2D eigenvalue weighted by atomic mass is 10.0. The number of aliphatic carboxylic acids is 1. The molecule has 0 unspecified atom stereocenters. The number of ketones is 2. The van der Waals surface area contributed by atoms with Crippen molar-refractivity contribution in [2.24, 2.45) is 0 Å². The molecule has 18 heavy (non-hydrogen) atoms. The van der Waals surface area contributed by atoms with Crippen LogP contribution in [0.2, 0.25) is 0 Å². The number of fused-ring (bicyclic) bond motifs is 1. The number of carboxylic acid groups (broad SMARTS) is 1. The Hall–Kier alpha value is -2.37. The van der Waals surface area contributed by atoms with Gasteiger partial charge in [0.15, 0.2) is 23.1 Å². The number of ether oxygens (including phenoxy) is 2. The lowest BCUT2D eigenvalue weighted by molar-refractivity contribution is -0.139. The average molecular weight is 250 g/mol. The van der Waals surface area contributed by atoms with Crippen molar-refractivity contribution in [2.45, 2.75) is 12.8 Å². The SMILES string of the molecule is O=C(O)CC(=O)CC(=O)c1ccc2c(c1)OCO2. The zero-order valence-corrected chi connectivity index (χ0v) is 9.34. The van der Waals surface area contributed by atoms with Crippen LogP contribution in [0, 0.1) is 0 Å². The van der Waals surface area contributed by atoms with Gasteiger partial charge in [-0.15, -0.1) is 0 Å². The maximum atomic E-state index is 11.7. The summed E-state index contributed by atoms with van der Waals surface area (Å²) in [7, 11) is 0. The van der Waals surface area contributed by atoms with Crippen molar-refractivity contribution in [1.82, 2.24) is 0 Å². The molecule has 2 rings (SSSR count). The van der Waals surface area contributed by atoms with Crippen molar-refractivity contribution in [1.29, 1.82) is 0 Å². The fourth-order valence-corrected chi connectivity index (χ4v) is 1.58. The molecule has 0 amide bonds. The van der Waals surface area contributed by atoms with Gasteiger partial charge in [-0.3, -0.25) is 14.4 Å². The predicted octanol–water partition coefficient (Wildman–Crippen LogP) is 1.03. The van der Waals surface area contributed by atoms with E-state index in [0.717, 1.165) is 0 Å². The first-order chi connectivity index (χ1) is 8.56. The molecule has 1 N–H and O–H groups in total. The Balaban J connectivity index is 2.05. The Labute approximate surface area is 102 Å². The van der Waals surface area contributed by atoms with Crippen LogP contribution in [-0.4, -0.2) is 29.4 Å². The molecule has 0 bridgehead atoms. The number of carbonyl (C=O) groups is 3. The number of benzene rings is 1. The van der Waals surface area contributed by atoms with Crippen LogP contribution in [0.4, 0.5) is 0 Å². The molecule has 0 aromatic heterocycles. The maximum Gasteiger partial charge on any atom is 0.310 e. The van der Waals surface area contributed by atoms with E-state index in [2.05, 4.69) is 0 Å². The Bertz CT molecular complexity index is 519. The second-order valence-corrected chi connectivity index (χ2v) is 3.78. The summed E-state index contributed by atoms with van der Waals surface area (Å²) in [6, 6.07) is 4.58. The number of carboxylic acids is 1. The van der Waals surface area contributed by atoms with Crippen molar-refractivity contribution in [3.8, 4) is 11.5 Å². The van der Waals surface area contributed by atoms with Crippen LogP contribution in [0.5, 0.6) is 11.5 Å². The van der Waals surface area contributed by atoms with E-state index in [-0.39, 0.29) is 6.79 Å². The number of Topliss-reactive ketones (excluding diaryl/α,β-unsaturated/α-hetero) is 2. The van der Waals surface area contributed by atoms with Crippen LogP contribution in [-0.2, 0) is 9.59 Å². The molecule has 0 saturated heterocycles. The molecule has 6 nitrogen and oxygen atoms in total. The lowest BCUT2D eigenvalue weighted by Crippen LogP contribution is -2.12. The Morgan fingerprint density at radius 2 is 1.83 bits per heavy atom. The van der Waals surface area contributed by atoms with Gasteiger partial charge < -0.3 is 14.6 Å². The Kier molecular flexibility index (Phi) is 3.27. The van der Waals surface area contributed by atoms with Crippen LogP contribution in [0.15, 0.2) is 18.2 Å². The Morgan fingerprint density at radius 1 is 1.11 bits per heavy atom. The molecule has 1 aliphatic heterocycles. The van der Waals surface area contributed by atoms with E-state index in [1.54, 1.807) is 6.07 Å². The highest BCUT2D eigenvalue weighted by Crippen LogP contribution is 2.32. The van der Waals surface area contributed by atoms with Crippen molar-refractivity contribution in [2.75, 3.05) is 6.79 Å². The average Bonchev–Trinajstić information content (AvgIpc) is 2.74. The summed E-state index contributed by atoms with van der Waals surface area (Å²) in [6.07, 6.45) is -1.07. The predicted molar refractivity (Wildman–Crippen MR) is 58.8 cm³/mol. The third-order valence-electron chi connectivity index (χ3n) is 2.40. The highest BCUT2D eigenvalue weighted by atomic mass is 16.7. The molecule has 1 heterocycles. The molecule has 6 heteroatoms. The summed E-state index contributed by atoms with van der Waals surface area (Å²) in [5, 5.41) is 8.43. The van der Waals surface area contributed by atoms with Crippen molar-refractivity contribution >= 4 is 17.5 Å². The third kappa shape index (κ3) is 2.65. The first-order valence-electron chi connectivity index (χ1n) is 5.22. The van der Waals surface area contributed by atoms with Gasteiger partial charge in [0.25, 0.3) is 0 Å². The van der Waals surface area contributed by atoms with Gasteiger partial charge in [0.1, 0.15) is 6.42 Å². The number of carbonyl (C=O) groups excluding carboxylic acids is 2. The Morgan fingerprint density at radius 3 is 2.56 bits per heavy atom. The molecule has 0 saturated carbocycles. The van der Waals surface area contributed by atoms with Crippen molar-refractivity contribution in [3.63, 3.8) is 0 Å². The van der Waals surface area contributed by atoms with Crippen LogP contribution >= 0.6 is 0 Å². The molecule has 0 radical (unpaired) electrons. The smallest absolute Gasteiger partial charge is 0.310 e. The maximum absolute atomic E-state index is 11.7. The summed E-state index contributed by atoms with van der Waals surface area (Å²) in [6.45, 7) is 0.102. The minimum atomic E-state index is -1.24. The van der Waals surface area contributed by atoms with Gasteiger partial charge in [0, 0.05) is 5.56 Å². The molecule has 1 aromatic rings. The van der Waals surface area contributed by atoms with Gasteiger partial charge >= 0.3 is 5.97 Å². The molecule has 0 atom stereocenters. The van der Waals surface area contributed by atoms with E-state index >= 15 is 0 Å². The summed E-state index contributed by atoms with van der Waals surface area (Å²) in [4.78, 5) is 33.3. The van der Waals surface area contributed by atoms with E-state index < -0.39 is 30.4 Å². The van der Waals surface area contributed by atoms with Gasteiger partial charge in [-0.25, -0.2) is 0 Å². The summed E-state index contributed by atoms with van der Waals surface area (Å²) in [5.41, 5.74) is 0.304. The number of hydrogen-bond donors (Lipinski definition) is 1. The van der Waals surface area contributed by atoms with Crippen LogP contribution in [0.1, 0.15) is 23.2 Å². The second kappa shape index (κ2) is 4.87. The van der Waals surface area contributed by atoms with E-state index in [9.17, 15) is 14.4 Å². The highest BCUT2D eigenvalue weighted by molar-refractivity contribution is 6.11. The van der Waals surface area contributed by atoms with E-state index in [1.165, 1.54) is 12.1 Å². The largest absolute Gasteiger partial charge is 0.481 e. The first-order valence-corrected chi connectivity index (χ1v) is 5.22. The fourth-order valence-electron chi connectivity index (χ4n) is 1.58. The molecular formula is C12H10O6. The van der Waals surface area contributed by atoms with Crippen LogP contribution < -0.4 is 9.47 Å². The molecule has 0 spiro atoms. The number of rotatable bonds is 5. The van der Waals surface area contributed by atoms with E-state index in [4.69, 9.17) is 14.6 Å². The fraction of sp³-hybridized carbons (Fsp3) is 0.250. The van der Waals surface area contributed by atoms with E-state index in [0.29, 0.717) is 17.1 Å². The summed E-state index contributed by atoms with van der Waals surface area (Å²) < 4.78 is 10.2. The molecule has 0 aliphatic carbocycles. The van der Waals surface area contributed by atoms with Gasteiger partial charge in [-0.05, 0) is 18.2 Å². The van der Waals surface area contributed by atoms with Gasteiger partial charge in [0.2, 0.25) is 6.79 Å². The normalized spacial score (nSPS) is 12.2. The van der Waals surface area contributed by atoms with Crippen LogP contribution in [0.3, 0.4) is 0 Å². The summed E-state index contributed by atoms with van der Waals surface area (Å²) in [5.74, 6) is -1.29. The molecule has 1 aromatic carbocycles. The minimum absolute atomic E-state index is 0.102. The quantitative estimate of drug-likeness (QED) is 0.620. The highest BCUT2D eigenvalue weighted by Gasteiger charge is 2.18. The van der Waals surface area contributed by atoms with Crippen molar-refractivity contribution in [3.05, 3.63) is 23.8 Å². The summed E-state index contributed by atoms with van der Waals surface area (Å²) >= 11 is 0. The zero-order valence-electron chi connectivity index (χ0n) is 9.34. The topological polar surface area (TPSA) is 89.9 Å².